The van der Waals surface area contributed by atoms with Crippen LogP contribution in [0.2, 0.25) is 0 Å². The van der Waals surface area contributed by atoms with E-state index in [1.54, 1.807) is 25.1 Å². The first-order valence-electron chi connectivity index (χ1n) is 6.74. The second-order valence-corrected chi connectivity index (χ2v) is 5.04. The van der Waals surface area contributed by atoms with Gasteiger partial charge in [-0.2, -0.15) is 0 Å². The number of aryl methyl sites for hydroxylation is 1. The van der Waals surface area contributed by atoms with Gasteiger partial charge in [0.15, 0.2) is 0 Å². The molecule has 20 heavy (non-hydrogen) atoms. The Morgan fingerprint density at radius 1 is 1.30 bits per heavy atom. The van der Waals surface area contributed by atoms with E-state index in [0.29, 0.717) is 24.9 Å². The van der Waals surface area contributed by atoms with Crippen LogP contribution in [0.4, 0.5) is 5.69 Å². The number of carboxylic acids is 1. The summed E-state index contributed by atoms with van der Waals surface area (Å²) in [6, 6.07) is 5.20. The molecule has 0 saturated carbocycles. The third-order valence-corrected chi connectivity index (χ3v) is 3.93. The normalized spacial score (nSPS) is 11.2. The number of amides is 1. The molecule has 0 heterocycles. The third-order valence-electron chi connectivity index (χ3n) is 3.93. The molecule has 5 heteroatoms. The molecular weight excluding hydrogens is 256 g/mol. The number of rotatable bonds is 7. The van der Waals surface area contributed by atoms with Gasteiger partial charge in [-0.15, -0.1) is 0 Å². The fourth-order valence-corrected chi connectivity index (χ4v) is 2.20. The molecule has 1 rings (SSSR count). The van der Waals surface area contributed by atoms with Crippen LogP contribution in [-0.4, -0.2) is 23.5 Å². The van der Waals surface area contributed by atoms with E-state index in [1.807, 2.05) is 13.8 Å². The van der Waals surface area contributed by atoms with E-state index in [0.717, 1.165) is 11.3 Å². The molecule has 0 bridgehead atoms. The highest BCUT2D eigenvalue weighted by Crippen LogP contribution is 2.27. The molecule has 0 unspecified atom stereocenters. The summed E-state index contributed by atoms with van der Waals surface area (Å²) in [5.74, 6) is -1.25. The van der Waals surface area contributed by atoms with Gasteiger partial charge in [0.2, 0.25) is 5.91 Å². The predicted molar refractivity (Wildman–Crippen MR) is 78.8 cm³/mol. The lowest BCUT2D eigenvalue weighted by Gasteiger charge is -2.27. The Morgan fingerprint density at radius 3 is 2.30 bits per heavy atom. The SMILES string of the molecule is CCC(CC)(CNc1ccc(C(N)=O)c(C)c1)C(=O)O. The van der Waals surface area contributed by atoms with Gasteiger partial charge in [0.25, 0.3) is 0 Å². The van der Waals surface area contributed by atoms with Crippen molar-refractivity contribution in [3.8, 4) is 0 Å². The fourth-order valence-electron chi connectivity index (χ4n) is 2.20. The number of primary amides is 1. The van der Waals surface area contributed by atoms with Crippen LogP contribution in [-0.2, 0) is 4.79 Å². The first kappa shape index (κ1) is 16.0. The molecule has 0 fully saturated rings. The van der Waals surface area contributed by atoms with Crippen molar-refractivity contribution in [3.05, 3.63) is 29.3 Å². The molecular formula is C15H22N2O3. The zero-order valence-corrected chi connectivity index (χ0v) is 12.2. The van der Waals surface area contributed by atoms with Crippen LogP contribution >= 0.6 is 0 Å². The minimum atomic E-state index is -0.791. The lowest BCUT2D eigenvalue weighted by molar-refractivity contribution is -0.148. The number of nitrogens with one attached hydrogen (secondary N) is 1. The van der Waals surface area contributed by atoms with Gasteiger partial charge in [-0.1, -0.05) is 13.8 Å². The first-order valence-corrected chi connectivity index (χ1v) is 6.74. The van der Waals surface area contributed by atoms with Crippen molar-refractivity contribution in [1.82, 2.24) is 0 Å². The molecule has 0 spiro atoms. The summed E-state index contributed by atoms with van der Waals surface area (Å²) < 4.78 is 0. The van der Waals surface area contributed by atoms with Crippen LogP contribution in [0.5, 0.6) is 0 Å². The molecule has 1 aromatic rings. The van der Waals surface area contributed by atoms with Gasteiger partial charge in [0.05, 0.1) is 5.41 Å². The van der Waals surface area contributed by atoms with Crippen molar-refractivity contribution in [1.29, 1.82) is 0 Å². The number of carboxylic acid groups (broad SMARTS) is 1. The van der Waals surface area contributed by atoms with Crippen LogP contribution in [0.25, 0.3) is 0 Å². The highest BCUT2D eigenvalue weighted by atomic mass is 16.4. The number of benzene rings is 1. The van der Waals surface area contributed by atoms with Gasteiger partial charge in [-0.25, -0.2) is 0 Å². The Morgan fingerprint density at radius 2 is 1.90 bits per heavy atom. The van der Waals surface area contributed by atoms with Crippen molar-refractivity contribution in [3.63, 3.8) is 0 Å². The Hall–Kier alpha value is -2.04. The molecule has 1 amide bonds. The highest BCUT2D eigenvalue weighted by Gasteiger charge is 2.34. The largest absolute Gasteiger partial charge is 0.481 e. The zero-order valence-electron chi connectivity index (χ0n) is 12.2. The van der Waals surface area contributed by atoms with E-state index < -0.39 is 17.3 Å². The van der Waals surface area contributed by atoms with Gasteiger partial charge in [0.1, 0.15) is 0 Å². The van der Waals surface area contributed by atoms with Crippen molar-refractivity contribution >= 4 is 17.6 Å². The molecule has 0 radical (unpaired) electrons. The number of hydrogen-bond donors (Lipinski definition) is 3. The Labute approximate surface area is 119 Å². The molecule has 0 atom stereocenters. The summed E-state index contributed by atoms with van der Waals surface area (Å²) in [6.45, 7) is 5.90. The average Bonchev–Trinajstić information content (AvgIpc) is 2.39. The number of carbonyl (C=O) groups excluding carboxylic acids is 1. The van der Waals surface area contributed by atoms with Crippen molar-refractivity contribution in [2.24, 2.45) is 11.1 Å². The van der Waals surface area contributed by atoms with Gasteiger partial charge < -0.3 is 16.2 Å². The monoisotopic (exact) mass is 278 g/mol. The van der Waals surface area contributed by atoms with Crippen molar-refractivity contribution < 1.29 is 14.7 Å². The standard InChI is InChI=1S/C15H22N2O3/c1-4-15(5-2,14(19)20)9-17-11-6-7-12(13(16)18)10(3)8-11/h6-8,17H,4-5,9H2,1-3H3,(H2,16,18)(H,19,20). The number of aliphatic carboxylic acids is 1. The van der Waals surface area contributed by atoms with E-state index in [9.17, 15) is 14.7 Å². The molecule has 0 aliphatic rings. The third kappa shape index (κ3) is 3.29. The summed E-state index contributed by atoms with van der Waals surface area (Å²) in [4.78, 5) is 22.6. The maximum Gasteiger partial charge on any atom is 0.311 e. The molecule has 110 valence electrons. The van der Waals surface area contributed by atoms with Crippen LogP contribution in [0.15, 0.2) is 18.2 Å². The fraction of sp³-hybridized carbons (Fsp3) is 0.467. The van der Waals surface area contributed by atoms with E-state index in [2.05, 4.69) is 5.32 Å². The van der Waals surface area contributed by atoms with Crippen LogP contribution in [0, 0.1) is 12.3 Å². The summed E-state index contributed by atoms with van der Waals surface area (Å²) in [5.41, 5.74) is 6.53. The average molecular weight is 278 g/mol. The number of carbonyl (C=O) groups is 2. The van der Waals surface area contributed by atoms with Gasteiger partial charge in [-0.05, 0) is 43.5 Å². The molecule has 0 aliphatic heterocycles. The topological polar surface area (TPSA) is 92.4 Å². The minimum absolute atomic E-state index is 0.352. The van der Waals surface area contributed by atoms with Crippen molar-refractivity contribution in [2.45, 2.75) is 33.6 Å². The minimum Gasteiger partial charge on any atom is -0.481 e. The lowest BCUT2D eigenvalue weighted by Crippen LogP contribution is -2.36. The number of hydrogen-bond acceptors (Lipinski definition) is 3. The van der Waals surface area contributed by atoms with Gasteiger partial charge >= 0.3 is 5.97 Å². The lowest BCUT2D eigenvalue weighted by atomic mass is 9.82. The van der Waals surface area contributed by atoms with Crippen LogP contribution in [0.1, 0.15) is 42.6 Å². The van der Waals surface area contributed by atoms with E-state index in [4.69, 9.17) is 5.73 Å². The summed E-state index contributed by atoms with van der Waals surface area (Å²) in [6.07, 6.45) is 1.12. The molecule has 4 N–H and O–H groups in total. The summed E-state index contributed by atoms with van der Waals surface area (Å²) >= 11 is 0. The maximum atomic E-state index is 11.4. The quantitative estimate of drug-likeness (QED) is 0.714. The summed E-state index contributed by atoms with van der Waals surface area (Å²) in [7, 11) is 0. The maximum absolute atomic E-state index is 11.4. The number of nitrogens with two attached hydrogens (primary N) is 1. The van der Waals surface area contributed by atoms with Gasteiger partial charge in [-0.3, -0.25) is 9.59 Å². The van der Waals surface area contributed by atoms with Crippen LogP contribution in [0.3, 0.4) is 0 Å². The van der Waals surface area contributed by atoms with E-state index in [-0.39, 0.29) is 0 Å². The van der Waals surface area contributed by atoms with E-state index >= 15 is 0 Å². The Kier molecular flexibility index (Phi) is 5.13. The highest BCUT2D eigenvalue weighted by molar-refractivity contribution is 5.94. The van der Waals surface area contributed by atoms with E-state index in [1.165, 1.54) is 0 Å². The van der Waals surface area contributed by atoms with Gasteiger partial charge in [0, 0.05) is 17.8 Å². The Bertz CT molecular complexity index is 508. The van der Waals surface area contributed by atoms with Crippen LogP contribution < -0.4 is 11.1 Å². The molecule has 0 saturated heterocycles. The Balaban J connectivity index is 2.87. The molecule has 1 aromatic carbocycles. The smallest absolute Gasteiger partial charge is 0.311 e. The summed E-state index contributed by atoms with van der Waals surface area (Å²) in [5, 5.41) is 12.5. The predicted octanol–water partition coefficient (Wildman–Crippen LogP) is 2.40. The zero-order chi connectivity index (χ0) is 15.3. The number of anilines is 1. The second-order valence-electron chi connectivity index (χ2n) is 5.04. The molecule has 0 aromatic heterocycles. The molecule has 0 aliphatic carbocycles. The first-order chi connectivity index (χ1) is 9.36. The second kappa shape index (κ2) is 6.41. The molecule has 5 nitrogen and oxygen atoms in total. The van der Waals surface area contributed by atoms with Crippen molar-refractivity contribution in [2.75, 3.05) is 11.9 Å².